The van der Waals surface area contributed by atoms with Crippen molar-refractivity contribution in [3.8, 4) is 0 Å². The fourth-order valence-electron chi connectivity index (χ4n) is 1.61. The number of alkyl halides is 3. The third-order valence-electron chi connectivity index (χ3n) is 2.74. The molecule has 0 fully saturated rings. The van der Waals surface area contributed by atoms with E-state index in [2.05, 4.69) is 5.32 Å². The van der Waals surface area contributed by atoms with Gasteiger partial charge in [-0.15, -0.1) is 0 Å². The van der Waals surface area contributed by atoms with E-state index in [0.717, 1.165) is 18.9 Å². The standard InChI is InChI=1S/C13H16F4N2O/c1-2-3-4-11(18)12(20)19-8-5-6-10(14)9(7-8)13(15,16)17/h5-7,11H,2-4,18H2,1H3,(H,19,20). The first kappa shape index (κ1) is 16.4. The van der Waals surface area contributed by atoms with E-state index in [1.54, 1.807) is 0 Å². The van der Waals surface area contributed by atoms with Crippen molar-refractivity contribution >= 4 is 11.6 Å². The number of carbonyl (C=O) groups excluding carboxylic acids is 1. The average Bonchev–Trinajstić information content (AvgIpc) is 2.36. The van der Waals surface area contributed by atoms with E-state index < -0.39 is 29.5 Å². The Morgan fingerprint density at radius 2 is 2.05 bits per heavy atom. The van der Waals surface area contributed by atoms with Crippen molar-refractivity contribution in [1.29, 1.82) is 0 Å². The molecule has 1 unspecified atom stereocenters. The van der Waals surface area contributed by atoms with Gasteiger partial charge in [0.15, 0.2) is 0 Å². The van der Waals surface area contributed by atoms with Crippen molar-refractivity contribution < 1.29 is 22.4 Å². The van der Waals surface area contributed by atoms with Crippen LogP contribution in [0.25, 0.3) is 0 Å². The Kier molecular flexibility index (Phi) is 5.50. The molecule has 0 saturated carbocycles. The van der Waals surface area contributed by atoms with Crippen LogP contribution in [0.15, 0.2) is 18.2 Å². The molecule has 0 saturated heterocycles. The number of hydrogen-bond donors (Lipinski definition) is 2. The molecule has 0 aliphatic rings. The van der Waals surface area contributed by atoms with Gasteiger partial charge in [-0.25, -0.2) is 4.39 Å². The first-order chi connectivity index (χ1) is 9.25. The second-order valence-electron chi connectivity index (χ2n) is 4.43. The first-order valence-electron chi connectivity index (χ1n) is 6.19. The second-order valence-corrected chi connectivity index (χ2v) is 4.43. The van der Waals surface area contributed by atoms with Crippen LogP contribution >= 0.6 is 0 Å². The molecule has 0 aliphatic carbocycles. The fourth-order valence-corrected chi connectivity index (χ4v) is 1.61. The molecular weight excluding hydrogens is 276 g/mol. The summed E-state index contributed by atoms with van der Waals surface area (Å²) >= 11 is 0. The van der Waals surface area contributed by atoms with Crippen molar-refractivity contribution in [2.75, 3.05) is 5.32 Å². The highest BCUT2D eigenvalue weighted by Crippen LogP contribution is 2.32. The lowest BCUT2D eigenvalue weighted by atomic mass is 10.1. The molecule has 7 heteroatoms. The highest BCUT2D eigenvalue weighted by atomic mass is 19.4. The van der Waals surface area contributed by atoms with Crippen LogP contribution in [-0.4, -0.2) is 11.9 Å². The lowest BCUT2D eigenvalue weighted by Crippen LogP contribution is -2.35. The van der Waals surface area contributed by atoms with Gasteiger partial charge in [0.2, 0.25) is 5.91 Å². The van der Waals surface area contributed by atoms with Gasteiger partial charge in [-0.3, -0.25) is 4.79 Å². The van der Waals surface area contributed by atoms with Gasteiger partial charge in [0, 0.05) is 5.69 Å². The molecule has 1 aromatic carbocycles. The van der Waals surface area contributed by atoms with Crippen LogP contribution in [0.3, 0.4) is 0 Å². The number of hydrogen-bond acceptors (Lipinski definition) is 2. The van der Waals surface area contributed by atoms with Crippen LogP contribution in [0.1, 0.15) is 31.7 Å². The Labute approximate surface area is 114 Å². The molecule has 20 heavy (non-hydrogen) atoms. The summed E-state index contributed by atoms with van der Waals surface area (Å²) in [5, 5.41) is 2.26. The summed E-state index contributed by atoms with van der Waals surface area (Å²) in [7, 11) is 0. The van der Waals surface area contributed by atoms with Gasteiger partial charge in [-0.2, -0.15) is 13.2 Å². The molecule has 0 aromatic heterocycles. The van der Waals surface area contributed by atoms with Crippen LogP contribution in [0.2, 0.25) is 0 Å². The molecule has 3 N–H and O–H groups in total. The van der Waals surface area contributed by atoms with Crippen molar-refractivity contribution in [2.24, 2.45) is 5.73 Å². The maximum atomic E-state index is 13.1. The summed E-state index contributed by atoms with van der Waals surface area (Å²) in [5.41, 5.74) is 4.05. The normalized spacial score (nSPS) is 13.1. The molecular formula is C13H16F4N2O. The minimum absolute atomic E-state index is 0.129. The zero-order valence-corrected chi connectivity index (χ0v) is 10.9. The van der Waals surface area contributed by atoms with Gasteiger partial charge in [-0.1, -0.05) is 19.8 Å². The van der Waals surface area contributed by atoms with Crippen molar-refractivity contribution in [3.63, 3.8) is 0 Å². The summed E-state index contributed by atoms with van der Waals surface area (Å²) < 4.78 is 50.6. The number of carbonyl (C=O) groups is 1. The summed E-state index contributed by atoms with van der Waals surface area (Å²) in [6, 6.07) is 1.49. The molecule has 1 aromatic rings. The summed E-state index contributed by atoms with van der Waals surface area (Å²) in [6.45, 7) is 1.93. The van der Waals surface area contributed by atoms with Crippen molar-refractivity contribution in [3.05, 3.63) is 29.6 Å². The molecule has 0 radical (unpaired) electrons. The quantitative estimate of drug-likeness (QED) is 0.818. The highest BCUT2D eigenvalue weighted by molar-refractivity contribution is 5.94. The third-order valence-corrected chi connectivity index (χ3v) is 2.74. The molecule has 3 nitrogen and oxygen atoms in total. The molecule has 0 bridgehead atoms. The number of halogens is 4. The zero-order chi connectivity index (χ0) is 15.3. The van der Waals surface area contributed by atoms with E-state index in [1.807, 2.05) is 6.92 Å². The Morgan fingerprint density at radius 3 is 2.60 bits per heavy atom. The minimum atomic E-state index is -4.81. The zero-order valence-electron chi connectivity index (χ0n) is 10.9. The SMILES string of the molecule is CCCCC(N)C(=O)Nc1ccc(F)c(C(F)(F)F)c1. The van der Waals surface area contributed by atoms with Gasteiger partial charge >= 0.3 is 6.18 Å². The maximum Gasteiger partial charge on any atom is 0.419 e. The highest BCUT2D eigenvalue weighted by Gasteiger charge is 2.34. The molecule has 1 rings (SSSR count). The summed E-state index contributed by atoms with van der Waals surface area (Å²) in [4.78, 5) is 11.7. The first-order valence-corrected chi connectivity index (χ1v) is 6.19. The molecule has 0 spiro atoms. The number of rotatable bonds is 5. The number of benzene rings is 1. The number of anilines is 1. The largest absolute Gasteiger partial charge is 0.419 e. The average molecular weight is 292 g/mol. The molecule has 1 amide bonds. The smallest absolute Gasteiger partial charge is 0.325 e. The Bertz CT molecular complexity index is 474. The Balaban J connectivity index is 2.81. The predicted molar refractivity (Wildman–Crippen MR) is 67.5 cm³/mol. The maximum absolute atomic E-state index is 13.1. The van der Waals surface area contributed by atoms with Gasteiger partial charge in [0.05, 0.1) is 11.6 Å². The Hall–Kier alpha value is -1.63. The van der Waals surface area contributed by atoms with E-state index >= 15 is 0 Å². The van der Waals surface area contributed by atoms with E-state index in [1.165, 1.54) is 0 Å². The van der Waals surface area contributed by atoms with Crippen LogP contribution in [0.5, 0.6) is 0 Å². The Morgan fingerprint density at radius 1 is 1.40 bits per heavy atom. The number of nitrogens with one attached hydrogen (secondary N) is 1. The molecule has 1 atom stereocenters. The van der Waals surface area contributed by atoms with Gasteiger partial charge in [0.1, 0.15) is 5.82 Å². The van der Waals surface area contributed by atoms with Crippen LogP contribution in [0, 0.1) is 5.82 Å². The van der Waals surface area contributed by atoms with E-state index in [0.29, 0.717) is 18.6 Å². The monoisotopic (exact) mass is 292 g/mol. The topological polar surface area (TPSA) is 55.1 Å². The number of unbranched alkanes of at least 4 members (excludes halogenated alkanes) is 1. The fraction of sp³-hybridized carbons (Fsp3) is 0.462. The lowest BCUT2D eigenvalue weighted by molar-refractivity contribution is -0.140. The van der Waals surface area contributed by atoms with Gasteiger partial charge in [0.25, 0.3) is 0 Å². The van der Waals surface area contributed by atoms with Crippen LogP contribution < -0.4 is 11.1 Å². The summed E-state index contributed by atoms with van der Waals surface area (Å²) in [6.07, 6.45) is -2.77. The van der Waals surface area contributed by atoms with Gasteiger partial charge < -0.3 is 11.1 Å². The number of nitrogens with two attached hydrogens (primary N) is 1. The minimum Gasteiger partial charge on any atom is -0.325 e. The lowest BCUT2D eigenvalue weighted by Gasteiger charge is -2.14. The third kappa shape index (κ3) is 4.48. The van der Waals surface area contributed by atoms with Crippen molar-refractivity contribution in [1.82, 2.24) is 0 Å². The van der Waals surface area contributed by atoms with Gasteiger partial charge in [-0.05, 0) is 24.6 Å². The molecule has 0 heterocycles. The number of amides is 1. The second kappa shape index (κ2) is 6.69. The predicted octanol–water partition coefficient (Wildman–Crippen LogP) is 3.30. The van der Waals surface area contributed by atoms with E-state index in [4.69, 9.17) is 5.73 Å². The summed E-state index contributed by atoms with van der Waals surface area (Å²) in [5.74, 6) is -1.97. The van der Waals surface area contributed by atoms with Crippen LogP contribution in [-0.2, 0) is 11.0 Å². The van der Waals surface area contributed by atoms with E-state index in [-0.39, 0.29) is 5.69 Å². The van der Waals surface area contributed by atoms with Crippen molar-refractivity contribution in [2.45, 2.75) is 38.4 Å². The van der Waals surface area contributed by atoms with Crippen LogP contribution in [0.4, 0.5) is 23.2 Å². The van der Waals surface area contributed by atoms with E-state index in [9.17, 15) is 22.4 Å². The molecule has 0 aliphatic heterocycles. The molecule has 112 valence electrons.